The molecule has 34 heavy (non-hydrogen) atoms. The summed E-state index contributed by atoms with van der Waals surface area (Å²) in [4.78, 5) is 13.1. The van der Waals surface area contributed by atoms with Gasteiger partial charge in [-0.3, -0.25) is 4.79 Å². The number of nitrogens with one attached hydrogen (secondary N) is 2. The van der Waals surface area contributed by atoms with Crippen LogP contribution in [-0.2, 0) is 20.1 Å². The zero-order chi connectivity index (χ0) is 24.0. The van der Waals surface area contributed by atoms with E-state index in [1.54, 1.807) is 12.1 Å². The number of alkyl halides is 1. The van der Waals surface area contributed by atoms with Gasteiger partial charge in [-0.25, -0.2) is 0 Å². The Bertz CT molecular complexity index is 1020. The number of halogens is 3. The minimum absolute atomic E-state index is 0.0376. The van der Waals surface area contributed by atoms with E-state index in [0.29, 0.717) is 42.9 Å². The van der Waals surface area contributed by atoms with Crippen LogP contribution in [0.15, 0.2) is 52.7 Å². The van der Waals surface area contributed by atoms with Crippen molar-refractivity contribution in [3.8, 4) is 5.75 Å². The molecule has 7 nitrogen and oxygen atoms in total. The van der Waals surface area contributed by atoms with Crippen molar-refractivity contribution < 1.29 is 40.2 Å². The van der Waals surface area contributed by atoms with Crippen molar-refractivity contribution in [1.29, 1.82) is 0 Å². The van der Waals surface area contributed by atoms with Crippen LogP contribution < -0.4 is 36.6 Å². The zero-order valence-electron chi connectivity index (χ0n) is 18.7. The first-order valence-electron chi connectivity index (χ1n) is 10.9. The van der Waals surface area contributed by atoms with Crippen molar-refractivity contribution in [2.24, 2.45) is 0 Å². The molecule has 1 amide bonds. The number of carbonyl (C=O) groups is 1. The second-order valence-electron chi connectivity index (χ2n) is 7.97. The van der Waals surface area contributed by atoms with Crippen LogP contribution in [0.2, 0.25) is 10.0 Å². The third kappa shape index (κ3) is 6.69. The fourth-order valence-corrected chi connectivity index (χ4v) is 6.15. The van der Waals surface area contributed by atoms with Gasteiger partial charge in [-0.05, 0) is 0 Å². The number of carbonyl (C=O) groups excluding carboxylic acids is 1. The maximum absolute atomic E-state index is 10.9. The molecule has 2 atom stereocenters. The number of ether oxygens (including phenoxy) is 3. The van der Waals surface area contributed by atoms with Crippen LogP contribution >= 0.6 is 23.2 Å². The Hall–Kier alpha value is -1.72. The van der Waals surface area contributed by atoms with E-state index in [2.05, 4.69) is 25.8 Å². The van der Waals surface area contributed by atoms with Crippen molar-refractivity contribution in [3.05, 3.63) is 68.4 Å². The van der Waals surface area contributed by atoms with Crippen molar-refractivity contribution in [1.82, 2.24) is 10.2 Å². The Kier molecular flexibility index (Phi) is 8.81. The number of nitrogens with zero attached hydrogens (tertiary/aromatic N) is 1. The second kappa shape index (κ2) is 11.8. The number of hydrogen-bond acceptors (Lipinski definition) is 6. The van der Waals surface area contributed by atoms with E-state index < -0.39 is 5.79 Å². The molecule has 10 heteroatoms. The van der Waals surface area contributed by atoms with Crippen LogP contribution in [0.25, 0.3) is 0 Å². The Labute approximate surface area is 220 Å². The standard InChI is InChI=1S/C24H27Cl2IN3O4/c1-17(31)28-9-10-29-19-3-5-20(6-4-19)32-13-21-14-33-24(34-21,15-30-11-8-27-16-30)22-7-2-18(25)12-23(22)26/h2-8,11-12,21,29H,9-10,13-16H2,1H3,(H,28,31)/q-1. The third-order valence-electron chi connectivity index (χ3n) is 5.31. The van der Waals surface area contributed by atoms with Crippen LogP contribution in [0.3, 0.4) is 0 Å². The predicted octanol–water partition coefficient (Wildman–Crippen LogP) is 1.02. The molecule has 0 aromatic heterocycles. The molecule has 2 unspecified atom stereocenters. The van der Waals surface area contributed by atoms with Gasteiger partial charge in [0.05, 0.1) is 0 Å². The van der Waals surface area contributed by atoms with Gasteiger partial charge in [0.1, 0.15) is 0 Å². The van der Waals surface area contributed by atoms with Crippen LogP contribution in [-0.4, -0.2) is 54.3 Å². The van der Waals surface area contributed by atoms with Gasteiger partial charge in [0.25, 0.3) is 0 Å². The maximum atomic E-state index is 10.9. The number of rotatable bonds is 10. The normalized spacial score (nSPS) is 21.9. The molecule has 2 aromatic carbocycles. The monoisotopic (exact) mass is 618 g/mol. The molecule has 2 aliphatic heterocycles. The van der Waals surface area contributed by atoms with Gasteiger partial charge >= 0.3 is 180 Å². The van der Waals surface area contributed by atoms with Crippen LogP contribution in [0, 0.1) is 0 Å². The van der Waals surface area contributed by atoms with Crippen LogP contribution in [0.1, 0.15) is 12.5 Å². The molecule has 184 valence electrons. The molecule has 1 saturated heterocycles. The van der Waals surface area contributed by atoms with E-state index in [0.717, 1.165) is 21.6 Å². The van der Waals surface area contributed by atoms with E-state index >= 15 is 0 Å². The average Bonchev–Trinajstić information content (AvgIpc) is 3.47. The van der Waals surface area contributed by atoms with Gasteiger partial charge in [0.15, 0.2) is 0 Å². The molecule has 2 heterocycles. The molecule has 2 aliphatic rings. The Morgan fingerprint density at radius 3 is 2.76 bits per heavy atom. The first-order chi connectivity index (χ1) is 16.4. The first kappa shape index (κ1) is 25.4. The van der Waals surface area contributed by atoms with Gasteiger partial charge < -0.3 is 10.6 Å². The summed E-state index contributed by atoms with van der Waals surface area (Å²) in [6.45, 7) is 4.03. The van der Waals surface area contributed by atoms with Crippen LogP contribution in [0.4, 0.5) is 5.69 Å². The van der Waals surface area contributed by atoms with Gasteiger partial charge in [-0.1, -0.05) is 0 Å². The summed E-state index contributed by atoms with van der Waals surface area (Å²) >= 11 is 12.7. The van der Waals surface area contributed by atoms with Gasteiger partial charge in [-0.15, -0.1) is 0 Å². The summed E-state index contributed by atoms with van der Waals surface area (Å²) < 4.78 is 22.0. The van der Waals surface area contributed by atoms with E-state index in [1.165, 1.54) is 6.92 Å². The number of anilines is 1. The number of amides is 1. The summed E-state index contributed by atoms with van der Waals surface area (Å²) in [6.07, 6.45) is 1.87. The van der Waals surface area contributed by atoms with Gasteiger partial charge in [-0.2, -0.15) is 0 Å². The fourth-order valence-electron chi connectivity index (χ4n) is 3.71. The Balaban J connectivity index is 1.35. The quantitative estimate of drug-likeness (QED) is 0.179. The second-order valence-corrected chi connectivity index (χ2v) is 11.1. The van der Waals surface area contributed by atoms with Crippen molar-refractivity contribution >= 4 is 34.8 Å². The molecule has 2 N–H and O–H groups in total. The van der Waals surface area contributed by atoms with Gasteiger partial charge in [0, 0.05) is 20.0 Å². The molecular formula is C24H27Cl2IN3O4-. The molecule has 0 saturated carbocycles. The molecule has 0 aliphatic carbocycles. The molecular weight excluding hydrogens is 592 g/mol. The summed E-state index contributed by atoms with van der Waals surface area (Å²) in [5.41, 5.74) is 1.73. The Morgan fingerprint density at radius 2 is 2.06 bits per heavy atom. The Morgan fingerprint density at radius 1 is 1.24 bits per heavy atom. The third-order valence-corrected chi connectivity index (χ3v) is 7.96. The van der Waals surface area contributed by atoms with E-state index in [9.17, 15) is 4.79 Å². The van der Waals surface area contributed by atoms with E-state index in [4.69, 9.17) is 37.4 Å². The van der Waals surface area contributed by atoms with Gasteiger partial charge in [0.2, 0.25) is 5.91 Å². The predicted molar refractivity (Wildman–Crippen MR) is 129 cm³/mol. The summed E-state index contributed by atoms with van der Waals surface area (Å²) in [7, 11) is 0. The first-order valence-corrected chi connectivity index (χ1v) is 14.4. The molecule has 0 bridgehead atoms. The van der Waals surface area contributed by atoms with Crippen molar-refractivity contribution in [2.75, 3.05) is 42.7 Å². The SMILES string of the molecule is CC(=O)NCCNc1ccc(OCC2COC(CN3C=C[I-]C3)(c3ccc(Cl)cc3Cl)O2)cc1. The van der Waals surface area contributed by atoms with Crippen LogP contribution in [0.5, 0.6) is 5.75 Å². The van der Waals surface area contributed by atoms with E-state index in [-0.39, 0.29) is 33.2 Å². The zero-order valence-corrected chi connectivity index (χ0v) is 22.4. The summed E-state index contributed by atoms with van der Waals surface area (Å²) in [6, 6.07) is 13.1. The minimum atomic E-state index is -0.976. The van der Waals surface area contributed by atoms with Crippen molar-refractivity contribution in [2.45, 2.75) is 18.8 Å². The molecule has 0 spiro atoms. The molecule has 2 aromatic rings. The number of hydrogen-bond donors (Lipinski definition) is 2. The number of benzene rings is 2. The average molecular weight is 619 g/mol. The summed E-state index contributed by atoms with van der Waals surface area (Å²) in [5.74, 6) is -0.273. The molecule has 4 rings (SSSR count). The molecule has 0 radical (unpaired) electrons. The van der Waals surface area contributed by atoms with Crippen molar-refractivity contribution in [3.63, 3.8) is 0 Å². The fraction of sp³-hybridized carbons (Fsp3) is 0.375. The molecule has 1 fully saturated rings. The van der Waals surface area contributed by atoms with E-state index in [1.807, 2.05) is 30.3 Å². The summed E-state index contributed by atoms with van der Waals surface area (Å²) in [5, 5.41) is 7.10. The topological polar surface area (TPSA) is 72.1 Å².